The molecular weight excluding hydrogens is 396 g/mol. The van der Waals surface area contributed by atoms with Crippen LogP contribution < -0.4 is 9.64 Å². The zero-order valence-electron chi connectivity index (χ0n) is 18.0. The summed E-state index contributed by atoms with van der Waals surface area (Å²) >= 11 is 1.52. The van der Waals surface area contributed by atoms with Crippen LogP contribution in [0.1, 0.15) is 49.5 Å². The van der Waals surface area contributed by atoms with Crippen molar-refractivity contribution in [3.8, 4) is 5.75 Å². The Morgan fingerprint density at radius 3 is 2.63 bits per heavy atom. The van der Waals surface area contributed by atoms with E-state index in [-0.39, 0.29) is 17.4 Å². The maximum Gasteiger partial charge on any atom is 0.260 e. The fourth-order valence-electron chi connectivity index (χ4n) is 3.65. The van der Waals surface area contributed by atoms with E-state index in [0.29, 0.717) is 17.2 Å². The fraction of sp³-hybridized carbons (Fsp3) is 0.417. The first-order valence-corrected chi connectivity index (χ1v) is 11.2. The fourth-order valence-corrected chi connectivity index (χ4v) is 4.60. The van der Waals surface area contributed by atoms with Crippen LogP contribution in [0.2, 0.25) is 0 Å². The molecule has 1 unspecified atom stereocenters. The number of hydrogen-bond donors (Lipinski definition) is 0. The van der Waals surface area contributed by atoms with Crippen LogP contribution in [0.4, 0.5) is 5.13 Å². The molecule has 3 aromatic rings. The Labute approximate surface area is 181 Å². The monoisotopic (exact) mass is 424 g/mol. The Kier molecular flexibility index (Phi) is 5.80. The standard InChI is InChI=1S/C24H28N2O3S/c1-24(2,3)17-9-7-16(8-10-17)22(27)26(15-19-6-5-13-29-19)23-25-20-14-18(28-4)11-12-21(20)30-23/h7-12,14,19H,5-6,13,15H2,1-4H3. The molecule has 0 bridgehead atoms. The van der Waals surface area contributed by atoms with Gasteiger partial charge in [0.05, 0.1) is 30.0 Å². The Hall–Kier alpha value is -2.44. The summed E-state index contributed by atoms with van der Waals surface area (Å²) < 4.78 is 12.2. The minimum absolute atomic E-state index is 0.0445. The highest BCUT2D eigenvalue weighted by Gasteiger charge is 2.27. The molecule has 30 heavy (non-hydrogen) atoms. The van der Waals surface area contributed by atoms with E-state index < -0.39 is 0 Å². The maximum atomic E-state index is 13.5. The van der Waals surface area contributed by atoms with Crippen molar-refractivity contribution in [3.05, 3.63) is 53.6 Å². The average Bonchev–Trinajstić information content (AvgIpc) is 3.39. The van der Waals surface area contributed by atoms with Gasteiger partial charge >= 0.3 is 0 Å². The van der Waals surface area contributed by atoms with E-state index in [2.05, 4.69) is 20.8 Å². The molecule has 0 aliphatic carbocycles. The van der Waals surface area contributed by atoms with E-state index in [4.69, 9.17) is 14.5 Å². The molecule has 0 radical (unpaired) electrons. The van der Waals surface area contributed by atoms with Gasteiger partial charge in [-0.15, -0.1) is 0 Å². The number of carbonyl (C=O) groups excluding carboxylic acids is 1. The predicted octanol–water partition coefficient (Wildman–Crippen LogP) is 5.43. The Balaban J connectivity index is 1.68. The second-order valence-corrected chi connectivity index (χ2v) is 9.72. The lowest BCUT2D eigenvalue weighted by Crippen LogP contribution is -2.37. The number of hydrogen-bond acceptors (Lipinski definition) is 5. The smallest absolute Gasteiger partial charge is 0.260 e. The van der Waals surface area contributed by atoms with Crippen molar-refractivity contribution in [1.29, 1.82) is 0 Å². The molecule has 1 aliphatic rings. The number of rotatable bonds is 5. The number of thiazole rings is 1. The highest BCUT2D eigenvalue weighted by atomic mass is 32.1. The second kappa shape index (κ2) is 8.36. The largest absolute Gasteiger partial charge is 0.497 e. The molecule has 1 atom stereocenters. The summed E-state index contributed by atoms with van der Waals surface area (Å²) in [5, 5.41) is 0.693. The van der Waals surface area contributed by atoms with Gasteiger partial charge in [-0.1, -0.05) is 44.2 Å². The summed E-state index contributed by atoms with van der Waals surface area (Å²) in [6.07, 6.45) is 2.04. The van der Waals surface area contributed by atoms with Gasteiger partial charge in [-0.05, 0) is 48.1 Å². The molecule has 1 aliphatic heterocycles. The highest BCUT2D eigenvalue weighted by molar-refractivity contribution is 7.22. The summed E-state index contributed by atoms with van der Waals surface area (Å²) in [5.74, 6) is 0.714. The summed E-state index contributed by atoms with van der Waals surface area (Å²) in [6.45, 7) is 7.77. The first kappa shape index (κ1) is 20.8. The molecule has 0 saturated carbocycles. The first-order valence-electron chi connectivity index (χ1n) is 10.3. The third-order valence-electron chi connectivity index (χ3n) is 5.47. The van der Waals surface area contributed by atoms with E-state index in [1.807, 2.05) is 42.5 Å². The molecular formula is C24H28N2O3S. The Morgan fingerprint density at radius 1 is 1.23 bits per heavy atom. The SMILES string of the molecule is COc1ccc2sc(N(CC3CCCO3)C(=O)c3ccc(C(C)(C)C)cc3)nc2c1. The van der Waals surface area contributed by atoms with Gasteiger partial charge in [0.15, 0.2) is 5.13 Å². The third kappa shape index (κ3) is 4.35. The van der Waals surface area contributed by atoms with Crippen molar-refractivity contribution < 1.29 is 14.3 Å². The van der Waals surface area contributed by atoms with Gasteiger partial charge in [-0.25, -0.2) is 4.98 Å². The number of benzene rings is 2. The lowest BCUT2D eigenvalue weighted by molar-refractivity contribution is 0.0917. The number of ether oxygens (including phenoxy) is 2. The summed E-state index contributed by atoms with van der Waals surface area (Å²) in [7, 11) is 1.64. The van der Waals surface area contributed by atoms with Gasteiger partial charge in [0.25, 0.3) is 5.91 Å². The van der Waals surface area contributed by atoms with E-state index in [9.17, 15) is 4.79 Å². The Bertz CT molecular complexity index is 1030. The van der Waals surface area contributed by atoms with Crippen LogP contribution in [0, 0.1) is 0 Å². The molecule has 2 aromatic carbocycles. The first-order chi connectivity index (χ1) is 14.3. The quantitative estimate of drug-likeness (QED) is 0.548. The van der Waals surface area contributed by atoms with E-state index in [0.717, 1.165) is 35.4 Å². The summed E-state index contributed by atoms with van der Waals surface area (Å²) in [4.78, 5) is 20.0. The van der Waals surface area contributed by atoms with Gasteiger partial charge in [0, 0.05) is 18.2 Å². The molecule has 0 spiro atoms. The van der Waals surface area contributed by atoms with Crippen molar-refractivity contribution in [2.45, 2.75) is 45.1 Å². The van der Waals surface area contributed by atoms with Crippen LogP contribution in [0.15, 0.2) is 42.5 Å². The van der Waals surface area contributed by atoms with E-state index >= 15 is 0 Å². The second-order valence-electron chi connectivity index (χ2n) is 8.71. The molecule has 1 amide bonds. The molecule has 1 aromatic heterocycles. The molecule has 1 fully saturated rings. The zero-order valence-corrected chi connectivity index (χ0v) is 18.8. The lowest BCUT2D eigenvalue weighted by Gasteiger charge is -2.24. The molecule has 158 valence electrons. The molecule has 5 nitrogen and oxygen atoms in total. The molecule has 6 heteroatoms. The summed E-state index contributed by atoms with van der Waals surface area (Å²) in [5.41, 5.74) is 2.75. The van der Waals surface area contributed by atoms with Gasteiger partial charge in [0.2, 0.25) is 0 Å². The molecule has 1 saturated heterocycles. The van der Waals surface area contributed by atoms with E-state index in [1.165, 1.54) is 16.9 Å². The number of methoxy groups -OCH3 is 1. The number of amides is 1. The minimum atomic E-state index is -0.0445. The van der Waals surface area contributed by atoms with Crippen LogP contribution in [0.25, 0.3) is 10.2 Å². The van der Waals surface area contributed by atoms with Crippen molar-refractivity contribution in [2.75, 3.05) is 25.2 Å². The van der Waals surface area contributed by atoms with Gasteiger partial charge in [-0.2, -0.15) is 0 Å². The normalized spacial score (nSPS) is 16.7. The van der Waals surface area contributed by atoms with Crippen LogP contribution in [0.3, 0.4) is 0 Å². The zero-order chi connectivity index (χ0) is 21.3. The van der Waals surface area contributed by atoms with Gasteiger partial charge in [0.1, 0.15) is 5.75 Å². The van der Waals surface area contributed by atoms with Crippen LogP contribution in [0.5, 0.6) is 5.75 Å². The topological polar surface area (TPSA) is 51.7 Å². The third-order valence-corrected chi connectivity index (χ3v) is 6.53. The Morgan fingerprint density at radius 2 is 2.00 bits per heavy atom. The average molecular weight is 425 g/mol. The molecule has 4 rings (SSSR count). The van der Waals surface area contributed by atoms with Crippen molar-refractivity contribution in [2.24, 2.45) is 0 Å². The number of anilines is 1. The lowest BCUT2D eigenvalue weighted by atomic mass is 9.86. The van der Waals surface area contributed by atoms with Gasteiger partial charge in [-0.3, -0.25) is 9.69 Å². The van der Waals surface area contributed by atoms with Crippen molar-refractivity contribution in [3.63, 3.8) is 0 Å². The van der Waals surface area contributed by atoms with Crippen molar-refractivity contribution in [1.82, 2.24) is 4.98 Å². The number of aromatic nitrogens is 1. The van der Waals surface area contributed by atoms with E-state index in [1.54, 1.807) is 12.0 Å². The maximum absolute atomic E-state index is 13.5. The number of carbonyl (C=O) groups is 1. The van der Waals surface area contributed by atoms with Gasteiger partial charge < -0.3 is 9.47 Å². The summed E-state index contributed by atoms with van der Waals surface area (Å²) in [6, 6.07) is 13.7. The predicted molar refractivity (Wildman–Crippen MR) is 122 cm³/mol. The number of nitrogens with zero attached hydrogens (tertiary/aromatic N) is 2. The highest BCUT2D eigenvalue weighted by Crippen LogP contribution is 2.33. The number of fused-ring (bicyclic) bond motifs is 1. The molecule has 2 heterocycles. The van der Waals surface area contributed by atoms with Crippen molar-refractivity contribution >= 4 is 32.6 Å². The van der Waals surface area contributed by atoms with Crippen LogP contribution in [-0.4, -0.2) is 37.3 Å². The minimum Gasteiger partial charge on any atom is -0.497 e. The molecule has 0 N–H and O–H groups in total. The van der Waals surface area contributed by atoms with Crippen LogP contribution >= 0.6 is 11.3 Å². The van der Waals surface area contributed by atoms with Crippen LogP contribution in [-0.2, 0) is 10.2 Å².